The van der Waals surface area contributed by atoms with E-state index in [0.29, 0.717) is 12.2 Å². The van der Waals surface area contributed by atoms with E-state index in [1.165, 1.54) is 102 Å². The Balaban J connectivity index is 2.13. The predicted molar refractivity (Wildman–Crippen MR) is 153 cm³/mol. The van der Waals surface area contributed by atoms with E-state index in [1.807, 2.05) is 6.07 Å². The maximum Gasteiger partial charge on any atom is 0.472 e. The van der Waals surface area contributed by atoms with Gasteiger partial charge in [-0.3, -0.25) is 9.05 Å². The number of nitrogens with zero attached hydrogens (tertiary/aromatic N) is 1. The third kappa shape index (κ3) is 20.2. The fourth-order valence-corrected chi connectivity index (χ4v) is 4.81. The summed E-state index contributed by atoms with van der Waals surface area (Å²) in [7, 11) is -3.08. The molecule has 0 aromatic heterocycles. The zero-order valence-electron chi connectivity index (χ0n) is 24.2. The zero-order chi connectivity index (χ0) is 28.6. The minimum atomic E-state index is -4.16. The molecular formula is C30H51FNO6P. The molecule has 224 valence electrons. The highest BCUT2D eigenvalue weighted by atomic mass is 31.2. The van der Waals surface area contributed by atoms with Crippen LogP contribution in [0.2, 0.25) is 0 Å². The lowest BCUT2D eigenvalue weighted by Gasteiger charge is -2.19. The normalized spacial score (nSPS) is 13.7. The molecule has 0 saturated carbocycles. The zero-order valence-corrected chi connectivity index (χ0v) is 25.1. The maximum atomic E-state index is 13.7. The van der Waals surface area contributed by atoms with E-state index in [1.54, 1.807) is 0 Å². The average molecular weight is 572 g/mol. The first-order valence-electron chi connectivity index (χ1n) is 14.8. The van der Waals surface area contributed by atoms with Crippen LogP contribution >= 0.6 is 7.82 Å². The largest absolute Gasteiger partial charge is 0.472 e. The first kappa shape index (κ1) is 35.7. The van der Waals surface area contributed by atoms with Gasteiger partial charge in [-0.05, 0) is 30.2 Å². The highest BCUT2D eigenvalue weighted by molar-refractivity contribution is 7.47. The first-order chi connectivity index (χ1) is 18.9. The molecule has 0 heterocycles. The van der Waals surface area contributed by atoms with Gasteiger partial charge in [-0.2, -0.15) is 5.26 Å². The topological polar surface area (TPSA) is 98.0 Å². The number of nitriles is 1. The lowest BCUT2D eigenvalue weighted by Crippen LogP contribution is -2.25. The van der Waals surface area contributed by atoms with Gasteiger partial charge in [0.05, 0.1) is 31.5 Å². The van der Waals surface area contributed by atoms with Gasteiger partial charge >= 0.3 is 7.82 Å². The van der Waals surface area contributed by atoms with Crippen molar-refractivity contribution < 1.29 is 32.4 Å². The summed E-state index contributed by atoms with van der Waals surface area (Å²) in [6.45, 7) is 2.76. The third-order valence-electron chi connectivity index (χ3n) is 6.67. The van der Waals surface area contributed by atoms with E-state index in [0.717, 1.165) is 26.0 Å². The van der Waals surface area contributed by atoms with Crippen LogP contribution in [0.3, 0.4) is 0 Å². The van der Waals surface area contributed by atoms with E-state index in [2.05, 4.69) is 11.4 Å². The van der Waals surface area contributed by atoms with Crippen molar-refractivity contribution in [3.8, 4) is 6.07 Å². The minimum Gasteiger partial charge on any atom is -0.379 e. The van der Waals surface area contributed by atoms with Crippen molar-refractivity contribution in [2.45, 2.75) is 122 Å². The average Bonchev–Trinajstić information content (AvgIpc) is 2.93. The molecule has 0 amide bonds. The molecule has 0 aliphatic heterocycles. The van der Waals surface area contributed by atoms with Crippen LogP contribution in [0.15, 0.2) is 18.2 Å². The standard InChI is InChI=1S/C30H51FNO6P/c1-3-4-5-6-7-8-9-10-11-12-13-14-15-16-17-18-19-36-25-30(26-38-39(33,34)35-2)37-24-28-20-27(23-32)21-29(31)22-28/h20-22,30H,3-19,24-26H2,1-2H3,(H,33,34)/t30-/m1/s1. The van der Waals surface area contributed by atoms with E-state index >= 15 is 0 Å². The Kier molecular flexibility index (Phi) is 21.4. The fraction of sp³-hybridized carbons (Fsp3) is 0.767. The Bertz CT molecular complexity index is 834. The molecule has 0 radical (unpaired) electrons. The van der Waals surface area contributed by atoms with Crippen LogP contribution in [-0.2, 0) is 29.7 Å². The number of unbranched alkanes of at least 4 members (excludes halogenated alkanes) is 15. The van der Waals surface area contributed by atoms with Gasteiger partial charge in [-0.15, -0.1) is 0 Å². The number of phosphoric acid groups is 1. The van der Waals surface area contributed by atoms with Gasteiger partial charge in [0.15, 0.2) is 0 Å². The number of ether oxygens (including phenoxy) is 2. The van der Waals surface area contributed by atoms with Gasteiger partial charge in [0.1, 0.15) is 11.9 Å². The summed E-state index contributed by atoms with van der Waals surface area (Å²) < 4.78 is 46.2. The summed E-state index contributed by atoms with van der Waals surface area (Å²) in [6.07, 6.45) is 20.2. The summed E-state index contributed by atoms with van der Waals surface area (Å²) in [5, 5.41) is 9.02. The lowest BCUT2D eigenvalue weighted by molar-refractivity contribution is -0.0500. The Morgan fingerprint density at radius 1 is 0.872 bits per heavy atom. The van der Waals surface area contributed by atoms with E-state index in [9.17, 15) is 13.8 Å². The number of benzene rings is 1. The molecule has 1 rings (SSSR count). The molecule has 9 heteroatoms. The Morgan fingerprint density at radius 3 is 1.92 bits per heavy atom. The Labute approximate surface area is 236 Å². The smallest absolute Gasteiger partial charge is 0.379 e. The molecule has 0 aliphatic rings. The number of hydrogen-bond acceptors (Lipinski definition) is 6. The maximum absolute atomic E-state index is 13.7. The molecule has 1 aromatic carbocycles. The van der Waals surface area contributed by atoms with Crippen LogP contribution < -0.4 is 0 Å². The van der Waals surface area contributed by atoms with Crippen molar-refractivity contribution in [2.24, 2.45) is 0 Å². The Morgan fingerprint density at radius 2 is 1.41 bits per heavy atom. The number of phosphoric ester groups is 1. The van der Waals surface area contributed by atoms with Crippen LogP contribution in [0.5, 0.6) is 0 Å². The van der Waals surface area contributed by atoms with Crippen molar-refractivity contribution in [3.63, 3.8) is 0 Å². The molecule has 0 bridgehead atoms. The SMILES string of the molecule is CCCCCCCCCCCCCCCCCCOC[C@H](COP(=O)(O)OC)OCc1cc(F)cc(C#N)c1. The second-order valence-electron chi connectivity index (χ2n) is 10.2. The molecule has 39 heavy (non-hydrogen) atoms. The Hall–Kier alpha value is -1.33. The molecule has 0 aliphatic carbocycles. The molecule has 1 N–H and O–H groups in total. The van der Waals surface area contributed by atoms with E-state index in [-0.39, 0.29) is 25.4 Å². The van der Waals surface area contributed by atoms with Crippen molar-refractivity contribution in [3.05, 3.63) is 35.1 Å². The van der Waals surface area contributed by atoms with Crippen molar-refractivity contribution >= 4 is 7.82 Å². The van der Waals surface area contributed by atoms with Crippen LogP contribution in [0.25, 0.3) is 0 Å². The van der Waals surface area contributed by atoms with Crippen LogP contribution in [0.1, 0.15) is 121 Å². The highest BCUT2D eigenvalue weighted by Gasteiger charge is 2.22. The molecule has 2 atom stereocenters. The first-order valence-corrected chi connectivity index (χ1v) is 16.3. The number of halogens is 1. The van der Waals surface area contributed by atoms with E-state index in [4.69, 9.17) is 19.3 Å². The molecule has 0 fully saturated rings. The molecule has 0 spiro atoms. The number of hydrogen-bond donors (Lipinski definition) is 1. The van der Waals surface area contributed by atoms with Crippen molar-refractivity contribution in [1.82, 2.24) is 0 Å². The van der Waals surface area contributed by atoms with E-state index < -0.39 is 19.7 Å². The van der Waals surface area contributed by atoms with Crippen molar-refractivity contribution in [1.29, 1.82) is 5.26 Å². The van der Waals surface area contributed by atoms with Gasteiger partial charge < -0.3 is 14.4 Å². The van der Waals surface area contributed by atoms with Crippen molar-refractivity contribution in [2.75, 3.05) is 26.9 Å². The van der Waals surface area contributed by atoms with Gasteiger partial charge in [0, 0.05) is 13.7 Å². The van der Waals surface area contributed by atoms with Gasteiger partial charge in [-0.1, -0.05) is 103 Å². The highest BCUT2D eigenvalue weighted by Crippen LogP contribution is 2.42. The molecule has 1 aromatic rings. The fourth-order valence-electron chi connectivity index (χ4n) is 4.35. The summed E-state index contributed by atoms with van der Waals surface area (Å²) in [4.78, 5) is 9.52. The van der Waals surface area contributed by atoms with Crippen LogP contribution in [-0.4, -0.2) is 37.9 Å². The second kappa shape index (κ2) is 23.4. The number of rotatable bonds is 26. The molecule has 7 nitrogen and oxygen atoms in total. The summed E-state index contributed by atoms with van der Waals surface area (Å²) >= 11 is 0. The monoisotopic (exact) mass is 571 g/mol. The summed E-state index contributed by atoms with van der Waals surface area (Å²) in [5.74, 6) is -0.528. The molecular weight excluding hydrogens is 520 g/mol. The predicted octanol–water partition coefficient (Wildman–Crippen LogP) is 8.62. The third-order valence-corrected chi connectivity index (χ3v) is 7.61. The van der Waals surface area contributed by atoms with Gasteiger partial charge in [0.25, 0.3) is 0 Å². The molecule has 1 unspecified atom stereocenters. The van der Waals surface area contributed by atoms with Gasteiger partial charge in [0.2, 0.25) is 0 Å². The van der Waals surface area contributed by atoms with Crippen LogP contribution in [0.4, 0.5) is 4.39 Å². The minimum absolute atomic E-state index is 0.00554. The summed E-state index contributed by atoms with van der Waals surface area (Å²) in [5.41, 5.74) is 0.675. The second-order valence-corrected chi connectivity index (χ2v) is 11.8. The quantitative estimate of drug-likeness (QED) is 0.0878. The van der Waals surface area contributed by atoms with Crippen LogP contribution in [0, 0.1) is 17.1 Å². The lowest BCUT2D eigenvalue weighted by atomic mass is 10.0. The summed E-state index contributed by atoms with van der Waals surface area (Å²) in [6, 6.07) is 5.86. The molecule has 0 saturated heterocycles. The van der Waals surface area contributed by atoms with Gasteiger partial charge in [-0.25, -0.2) is 8.96 Å².